The Morgan fingerprint density at radius 3 is 2.10 bits per heavy atom. The Bertz CT molecular complexity index is 1070. The molecule has 5 heteroatoms. The minimum atomic E-state index is -0.0779. The largest absolute Gasteiger partial charge is 0.344 e. The van der Waals surface area contributed by atoms with Crippen molar-refractivity contribution < 1.29 is 4.79 Å². The van der Waals surface area contributed by atoms with Crippen molar-refractivity contribution in [2.45, 2.75) is 33.9 Å². The molecule has 0 saturated heterocycles. The summed E-state index contributed by atoms with van der Waals surface area (Å²) in [7, 11) is 0. The van der Waals surface area contributed by atoms with Crippen LogP contribution in [0.2, 0.25) is 10.0 Å². The molecule has 0 atom stereocenters. The highest BCUT2D eigenvalue weighted by molar-refractivity contribution is 6.31. The summed E-state index contributed by atoms with van der Waals surface area (Å²) in [6.45, 7) is 10.9. The molecule has 0 saturated carbocycles. The second kappa shape index (κ2) is 8.89. The fraction of sp³-hybridized carbons (Fsp3) is 0.208. The summed E-state index contributed by atoms with van der Waals surface area (Å²) in [5.74, 6) is -0.0779. The molecule has 3 aromatic rings. The van der Waals surface area contributed by atoms with Gasteiger partial charge >= 0.3 is 0 Å². The molecule has 29 heavy (non-hydrogen) atoms. The van der Waals surface area contributed by atoms with Gasteiger partial charge in [-0.2, -0.15) is 0 Å². The highest BCUT2D eigenvalue weighted by Gasteiger charge is 2.20. The molecule has 0 spiro atoms. The van der Waals surface area contributed by atoms with E-state index in [0.717, 1.165) is 33.1 Å². The van der Waals surface area contributed by atoms with Crippen molar-refractivity contribution >= 4 is 34.8 Å². The van der Waals surface area contributed by atoms with Crippen LogP contribution in [0.5, 0.6) is 0 Å². The average molecular weight is 427 g/mol. The van der Waals surface area contributed by atoms with Crippen LogP contribution in [0.1, 0.15) is 35.0 Å². The van der Waals surface area contributed by atoms with Gasteiger partial charge in [0.15, 0.2) is 0 Å². The monoisotopic (exact) mass is 426 g/mol. The van der Waals surface area contributed by atoms with E-state index in [0.29, 0.717) is 23.8 Å². The van der Waals surface area contributed by atoms with Gasteiger partial charge in [-0.1, -0.05) is 66.2 Å². The van der Waals surface area contributed by atoms with Crippen molar-refractivity contribution in [3.8, 4) is 0 Å². The summed E-state index contributed by atoms with van der Waals surface area (Å²) >= 11 is 12.7. The lowest BCUT2D eigenvalue weighted by molar-refractivity contribution is -0.126. The summed E-state index contributed by atoms with van der Waals surface area (Å²) in [6, 6.07) is 17.4. The molecule has 2 aromatic carbocycles. The molecule has 3 nitrogen and oxygen atoms in total. The first kappa shape index (κ1) is 21.2. The van der Waals surface area contributed by atoms with Gasteiger partial charge in [-0.05, 0) is 43.2 Å². The number of carbonyl (C=O) groups excluding carboxylic acids is 1. The molecule has 0 unspecified atom stereocenters. The van der Waals surface area contributed by atoms with Crippen LogP contribution in [0.3, 0.4) is 0 Å². The first-order valence-corrected chi connectivity index (χ1v) is 10.2. The Morgan fingerprint density at radius 2 is 1.55 bits per heavy atom. The van der Waals surface area contributed by atoms with Gasteiger partial charge in [0.2, 0.25) is 5.91 Å². The molecule has 1 aromatic heterocycles. The molecule has 0 radical (unpaired) electrons. The quantitative estimate of drug-likeness (QED) is 0.442. The standard InChI is InChI=1S/C24H24Cl2N2O/c1-16-13-22(17(2)27(16)14-20-9-5-7-11-23(20)25)18(3)28(19(4)29)15-21-10-6-8-12-24(21)26/h5-13H,3,14-15H2,1-2,4H3. The lowest BCUT2D eigenvalue weighted by atomic mass is 10.1. The minimum absolute atomic E-state index is 0.0779. The fourth-order valence-corrected chi connectivity index (χ4v) is 3.86. The molecule has 1 amide bonds. The minimum Gasteiger partial charge on any atom is -0.344 e. The number of benzene rings is 2. The van der Waals surface area contributed by atoms with Gasteiger partial charge in [0.1, 0.15) is 0 Å². The molecule has 0 aliphatic heterocycles. The first-order chi connectivity index (χ1) is 13.8. The highest BCUT2D eigenvalue weighted by atomic mass is 35.5. The van der Waals surface area contributed by atoms with Crippen LogP contribution in [0.25, 0.3) is 5.70 Å². The Hall–Kier alpha value is -2.49. The number of aryl methyl sites for hydroxylation is 1. The van der Waals surface area contributed by atoms with Gasteiger partial charge in [-0.25, -0.2) is 0 Å². The molecule has 1 heterocycles. The second-order valence-corrected chi connectivity index (χ2v) is 7.92. The van der Waals surface area contributed by atoms with Gasteiger partial charge in [-0.15, -0.1) is 0 Å². The first-order valence-electron chi connectivity index (χ1n) is 9.40. The zero-order valence-electron chi connectivity index (χ0n) is 16.9. The van der Waals surface area contributed by atoms with Crippen molar-refractivity contribution in [3.05, 3.63) is 99.3 Å². The maximum Gasteiger partial charge on any atom is 0.224 e. The summed E-state index contributed by atoms with van der Waals surface area (Å²) < 4.78 is 2.19. The van der Waals surface area contributed by atoms with Crippen molar-refractivity contribution in [1.29, 1.82) is 0 Å². The average Bonchev–Trinajstić information content (AvgIpc) is 2.96. The van der Waals surface area contributed by atoms with E-state index >= 15 is 0 Å². The number of rotatable bonds is 6. The number of hydrogen-bond acceptors (Lipinski definition) is 1. The predicted molar refractivity (Wildman–Crippen MR) is 121 cm³/mol. The number of nitrogens with zero attached hydrogens (tertiary/aromatic N) is 2. The van der Waals surface area contributed by atoms with Gasteiger partial charge < -0.3 is 9.47 Å². The maximum atomic E-state index is 12.4. The van der Waals surface area contributed by atoms with Crippen LogP contribution < -0.4 is 0 Å². The van der Waals surface area contributed by atoms with Crippen molar-refractivity contribution in [2.75, 3.05) is 0 Å². The van der Waals surface area contributed by atoms with Gasteiger partial charge in [0.25, 0.3) is 0 Å². The molecule has 0 fully saturated rings. The Labute approximate surface area is 182 Å². The van der Waals surface area contributed by atoms with E-state index < -0.39 is 0 Å². The summed E-state index contributed by atoms with van der Waals surface area (Å²) in [5, 5.41) is 1.38. The molecule has 0 aliphatic carbocycles. The second-order valence-electron chi connectivity index (χ2n) is 7.11. The number of amides is 1. The molecule has 0 aliphatic rings. The number of hydrogen-bond donors (Lipinski definition) is 0. The maximum absolute atomic E-state index is 12.4. The van der Waals surface area contributed by atoms with Crippen LogP contribution in [0.15, 0.2) is 61.2 Å². The van der Waals surface area contributed by atoms with Gasteiger partial charge in [0, 0.05) is 46.2 Å². The Balaban J connectivity index is 1.92. The fourth-order valence-electron chi connectivity index (χ4n) is 3.47. The molecule has 3 rings (SSSR count). The predicted octanol–water partition coefficient (Wildman–Crippen LogP) is 6.48. The molecule has 0 N–H and O–H groups in total. The third-order valence-electron chi connectivity index (χ3n) is 5.16. The summed E-state index contributed by atoms with van der Waals surface area (Å²) in [4.78, 5) is 14.1. The van der Waals surface area contributed by atoms with E-state index in [1.807, 2.05) is 62.4 Å². The van der Waals surface area contributed by atoms with Crippen LogP contribution in [-0.4, -0.2) is 15.4 Å². The topological polar surface area (TPSA) is 25.2 Å². The van der Waals surface area contributed by atoms with E-state index in [-0.39, 0.29) is 5.91 Å². The Morgan fingerprint density at radius 1 is 1.00 bits per heavy atom. The van der Waals surface area contributed by atoms with Crippen molar-refractivity contribution in [1.82, 2.24) is 9.47 Å². The van der Waals surface area contributed by atoms with Crippen LogP contribution >= 0.6 is 23.2 Å². The van der Waals surface area contributed by atoms with Gasteiger partial charge in [0.05, 0.1) is 6.54 Å². The van der Waals surface area contributed by atoms with E-state index in [1.165, 1.54) is 0 Å². The lowest BCUT2D eigenvalue weighted by Crippen LogP contribution is -2.26. The molecule has 150 valence electrons. The zero-order valence-corrected chi connectivity index (χ0v) is 18.4. The third-order valence-corrected chi connectivity index (χ3v) is 5.90. The van der Waals surface area contributed by atoms with E-state index in [1.54, 1.807) is 11.8 Å². The molecule has 0 bridgehead atoms. The molecular weight excluding hydrogens is 403 g/mol. The number of halogens is 2. The van der Waals surface area contributed by atoms with Crippen molar-refractivity contribution in [3.63, 3.8) is 0 Å². The normalized spacial score (nSPS) is 10.8. The third kappa shape index (κ3) is 4.58. The van der Waals surface area contributed by atoms with E-state index in [9.17, 15) is 4.79 Å². The summed E-state index contributed by atoms with van der Waals surface area (Å²) in [5.41, 5.74) is 5.66. The highest BCUT2D eigenvalue weighted by Crippen LogP contribution is 2.29. The SMILES string of the molecule is C=C(c1cc(C)n(Cc2ccccc2Cl)c1C)N(Cc1ccccc1Cl)C(C)=O. The van der Waals surface area contributed by atoms with Crippen LogP contribution in [0.4, 0.5) is 0 Å². The smallest absolute Gasteiger partial charge is 0.224 e. The van der Waals surface area contributed by atoms with E-state index in [4.69, 9.17) is 23.2 Å². The zero-order chi connectivity index (χ0) is 21.1. The Kier molecular flexibility index (Phi) is 6.51. The summed E-state index contributed by atoms with van der Waals surface area (Å²) in [6.07, 6.45) is 0. The number of carbonyl (C=O) groups is 1. The van der Waals surface area contributed by atoms with Crippen LogP contribution in [0, 0.1) is 13.8 Å². The van der Waals surface area contributed by atoms with Crippen molar-refractivity contribution in [2.24, 2.45) is 0 Å². The molecular formula is C24H24Cl2N2O. The van der Waals surface area contributed by atoms with Gasteiger partial charge in [-0.3, -0.25) is 4.79 Å². The van der Waals surface area contributed by atoms with E-state index in [2.05, 4.69) is 17.2 Å². The lowest BCUT2D eigenvalue weighted by Gasteiger charge is -2.24. The van der Waals surface area contributed by atoms with Crippen LogP contribution in [-0.2, 0) is 17.9 Å². The number of aromatic nitrogens is 1.